The first-order chi connectivity index (χ1) is 18.4. The second-order valence-electron chi connectivity index (χ2n) is 12.6. The first-order valence-corrected chi connectivity index (χ1v) is 14.2. The van der Waals surface area contributed by atoms with E-state index in [-0.39, 0.29) is 6.84 Å². The molecular formula is C31H48N8. The van der Waals surface area contributed by atoms with E-state index < -0.39 is 0 Å². The number of nitrogens with zero attached hydrogens (tertiary/aromatic N) is 6. The molecule has 0 bridgehead atoms. The molecule has 0 amide bonds. The summed E-state index contributed by atoms with van der Waals surface area (Å²) < 4.78 is 0. The minimum absolute atomic E-state index is 0. The third-order valence-corrected chi connectivity index (χ3v) is 7.35. The Kier molecular flexibility index (Phi) is 8.74. The van der Waals surface area contributed by atoms with Gasteiger partial charge in [0.1, 0.15) is 5.69 Å². The van der Waals surface area contributed by atoms with Gasteiger partial charge in [-0.05, 0) is 55.2 Å². The first-order valence-electron chi connectivity index (χ1n) is 14.2. The molecule has 0 aliphatic carbocycles. The van der Waals surface area contributed by atoms with Gasteiger partial charge in [-0.2, -0.15) is 9.97 Å². The molecule has 4 heterocycles. The average Bonchev–Trinajstić information content (AvgIpc) is 2.89. The third kappa shape index (κ3) is 7.24. The van der Waals surface area contributed by atoms with Crippen LogP contribution in [-0.2, 0) is 5.41 Å². The summed E-state index contributed by atoms with van der Waals surface area (Å²) in [5.41, 5.74) is 4.98. The quantitative estimate of drug-likeness (QED) is 0.473. The van der Waals surface area contributed by atoms with Gasteiger partial charge in [0.25, 0.3) is 0 Å². The Hall–Kier alpha value is -3.26. The molecule has 0 radical (unpaired) electrons. The number of fused-ring (bicyclic) bond motifs is 1. The molecule has 3 aliphatic rings. The smallest absolute Gasteiger partial charge is 0.229 e. The summed E-state index contributed by atoms with van der Waals surface area (Å²) in [6.07, 6.45) is 8.98. The van der Waals surface area contributed by atoms with Crippen molar-refractivity contribution in [2.75, 3.05) is 47.8 Å². The zero-order valence-corrected chi connectivity index (χ0v) is 25.0. The van der Waals surface area contributed by atoms with Gasteiger partial charge in [-0.1, -0.05) is 52.8 Å². The van der Waals surface area contributed by atoms with Crippen LogP contribution in [0, 0.1) is 12.3 Å². The van der Waals surface area contributed by atoms with Gasteiger partial charge in [0, 0.05) is 58.0 Å². The Morgan fingerprint density at radius 1 is 1.08 bits per heavy atom. The Bertz CT molecular complexity index is 1240. The fraction of sp³-hybridized carbons (Fsp3) is 0.548. The topological polar surface area (TPSA) is 81.0 Å². The maximum absolute atomic E-state index is 5.03. The number of piperazine rings is 1. The molecule has 3 aliphatic heterocycles. The molecule has 0 unspecified atom stereocenters. The molecule has 2 aromatic rings. The van der Waals surface area contributed by atoms with Gasteiger partial charge in [-0.15, -0.1) is 0 Å². The van der Waals surface area contributed by atoms with Crippen LogP contribution in [0.25, 0.3) is 0 Å². The van der Waals surface area contributed by atoms with Crippen LogP contribution in [-0.4, -0.2) is 61.2 Å². The number of aryl methyl sites for hydroxylation is 1. The first kappa shape index (κ1) is 28.7. The normalized spacial score (nSPS) is 18.1. The van der Waals surface area contributed by atoms with Crippen molar-refractivity contribution in [1.29, 1.82) is 0 Å². The molecule has 1 aromatic heterocycles. The summed E-state index contributed by atoms with van der Waals surface area (Å²) in [6.45, 7) is 22.1. The molecule has 0 saturated carbocycles. The molecule has 2 N–H and O–H groups in total. The monoisotopic (exact) mass is 532 g/mol. The molecule has 5 rings (SSSR count). The highest BCUT2D eigenvalue weighted by molar-refractivity contribution is 5.89. The highest BCUT2D eigenvalue weighted by Gasteiger charge is 2.27. The van der Waals surface area contributed by atoms with Crippen LogP contribution in [0.5, 0.6) is 0 Å². The molecule has 1 saturated heterocycles. The molecule has 1 aromatic carbocycles. The van der Waals surface area contributed by atoms with Gasteiger partial charge < -0.3 is 20.4 Å². The van der Waals surface area contributed by atoms with E-state index in [1.807, 2.05) is 18.6 Å². The third-order valence-electron chi connectivity index (χ3n) is 7.35. The van der Waals surface area contributed by atoms with Crippen molar-refractivity contribution in [2.24, 2.45) is 15.4 Å². The van der Waals surface area contributed by atoms with E-state index in [4.69, 9.17) is 9.97 Å². The van der Waals surface area contributed by atoms with Crippen LogP contribution in [0.15, 0.2) is 40.5 Å². The summed E-state index contributed by atoms with van der Waals surface area (Å²) in [5, 5.41) is 7.07. The zero-order valence-electron chi connectivity index (χ0n) is 25.0. The van der Waals surface area contributed by atoms with Gasteiger partial charge in [0.2, 0.25) is 5.95 Å². The van der Waals surface area contributed by atoms with Gasteiger partial charge >= 0.3 is 0 Å². The molecule has 39 heavy (non-hydrogen) atoms. The molecule has 8 nitrogen and oxygen atoms in total. The largest absolute Gasteiger partial charge is 0.358 e. The number of benzene rings is 1. The minimum atomic E-state index is 0. The molecular weight excluding hydrogens is 484 g/mol. The zero-order chi connectivity index (χ0) is 28.2. The Morgan fingerprint density at radius 3 is 2.41 bits per heavy atom. The Labute approximate surface area is 236 Å². The van der Waals surface area contributed by atoms with Crippen LogP contribution in [0.1, 0.15) is 67.4 Å². The summed E-state index contributed by atoms with van der Waals surface area (Å²) in [7, 11) is 0. The van der Waals surface area contributed by atoms with Gasteiger partial charge in [-0.3, -0.25) is 4.99 Å². The van der Waals surface area contributed by atoms with E-state index in [9.17, 15) is 0 Å². The lowest BCUT2D eigenvalue weighted by Gasteiger charge is -2.34. The van der Waals surface area contributed by atoms with Crippen molar-refractivity contribution in [2.45, 2.75) is 73.3 Å². The standard InChI is InChI=1S/C24H35N7.C7H11N.H2/c1-16(2)31-14-11-26-21-20(31)22(29-23(28-21)30-12-9-25-10-13-30)27-19-15-18(24(4,5)6)8-7-17(19)3;1-7(2)3-5-8-6-4-7;/h7-8,11,15-16,25H,9-10,12-14H2,1-6H3,(H,27,28,29);3,5-6H,4H2,1-2H3;1H. The van der Waals surface area contributed by atoms with E-state index in [1.54, 1.807) is 0 Å². The number of hydrogen-bond acceptors (Lipinski definition) is 8. The van der Waals surface area contributed by atoms with Crippen LogP contribution in [0.4, 0.5) is 29.0 Å². The Balaban J connectivity index is 0.000000423. The van der Waals surface area contributed by atoms with Gasteiger partial charge in [-0.25, -0.2) is 4.99 Å². The van der Waals surface area contributed by atoms with Crippen molar-refractivity contribution in [3.63, 3.8) is 0 Å². The molecule has 0 spiro atoms. The summed E-state index contributed by atoms with van der Waals surface area (Å²) in [6, 6.07) is 6.97. The fourth-order valence-electron chi connectivity index (χ4n) is 4.67. The Morgan fingerprint density at radius 2 is 1.82 bits per heavy atom. The van der Waals surface area contributed by atoms with Crippen molar-refractivity contribution >= 4 is 41.4 Å². The van der Waals surface area contributed by atoms with Crippen molar-refractivity contribution < 1.29 is 1.43 Å². The number of aliphatic imine (C=N–C) groups is 2. The summed E-state index contributed by atoms with van der Waals surface area (Å²) in [5.74, 6) is 2.32. The SMILES string of the molecule is CC1(C)C=CN=CC1.Cc1ccc(C(C)(C)C)cc1Nc1nc(N2CCNCC2)nc2c1N(C(C)C)CC=N2.[HH]. The van der Waals surface area contributed by atoms with E-state index in [0.717, 1.165) is 68.1 Å². The second kappa shape index (κ2) is 11.9. The van der Waals surface area contributed by atoms with Gasteiger partial charge in [0.05, 0.1) is 6.54 Å². The minimum Gasteiger partial charge on any atom is -0.358 e. The van der Waals surface area contributed by atoms with E-state index in [1.165, 1.54) is 11.1 Å². The maximum Gasteiger partial charge on any atom is 0.229 e. The summed E-state index contributed by atoms with van der Waals surface area (Å²) in [4.78, 5) is 23.1. The van der Waals surface area contributed by atoms with Crippen molar-refractivity contribution in [3.8, 4) is 0 Å². The van der Waals surface area contributed by atoms with Crippen LogP contribution in [0.3, 0.4) is 0 Å². The predicted octanol–water partition coefficient (Wildman–Crippen LogP) is 6.41. The highest BCUT2D eigenvalue weighted by atomic mass is 15.3. The summed E-state index contributed by atoms with van der Waals surface area (Å²) >= 11 is 0. The number of nitrogens with one attached hydrogen (secondary N) is 2. The predicted molar refractivity (Wildman–Crippen MR) is 169 cm³/mol. The van der Waals surface area contributed by atoms with E-state index >= 15 is 0 Å². The molecule has 8 heteroatoms. The second-order valence-corrected chi connectivity index (χ2v) is 12.6. The maximum atomic E-state index is 5.03. The lowest BCUT2D eigenvalue weighted by atomic mass is 9.86. The molecule has 212 valence electrons. The van der Waals surface area contributed by atoms with Crippen LogP contribution in [0.2, 0.25) is 0 Å². The molecule has 1 fully saturated rings. The highest BCUT2D eigenvalue weighted by Crippen LogP contribution is 2.40. The van der Waals surface area contributed by atoms with Crippen LogP contribution >= 0.6 is 0 Å². The van der Waals surface area contributed by atoms with Gasteiger partial charge in [0.15, 0.2) is 11.6 Å². The fourth-order valence-corrected chi connectivity index (χ4v) is 4.67. The number of allylic oxidation sites excluding steroid dienone is 1. The number of rotatable bonds is 4. The number of hydrogen-bond donors (Lipinski definition) is 2. The number of anilines is 4. The van der Waals surface area contributed by atoms with Crippen molar-refractivity contribution in [1.82, 2.24) is 15.3 Å². The lowest BCUT2D eigenvalue weighted by molar-refractivity contribution is 0.502. The van der Waals surface area contributed by atoms with Crippen molar-refractivity contribution in [3.05, 3.63) is 41.6 Å². The van der Waals surface area contributed by atoms with E-state index in [2.05, 4.69) is 110 Å². The lowest BCUT2D eigenvalue weighted by Crippen LogP contribution is -2.44. The molecule has 0 atom stereocenters. The van der Waals surface area contributed by atoms with Crippen LogP contribution < -0.4 is 20.4 Å². The number of aromatic nitrogens is 2. The van der Waals surface area contributed by atoms with E-state index in [0.29, 0.717) is 11.5 Å². The average molecular weight is 533 g/mol.